The fourth-order valence-electron chi connectivity index (χ4n) is 1.58. The van der Waals surface area contributed by atoms with Gasteiger partial charge in [-0.1, -0.05) is 0 Å². The summed E-state index contributed by atoms with van der Waals surface area (Å²) in [6, 6.07) is 3.85. The van der Waals surface area contributed by atoms with Gasteiger partial charge in [0.1, 0.15) is 5.82 Å². The van der Waals surface area contributed by atoms with Crippen LogP contribution in [0.2, 0.25) is 0 Å². The fourth-order valence-corrected chi connectivity index (χ4v) is 1.58. The number of carbonyl (C=O) groups excluding carboxylic acids is 1. The number of aromatic nitrogens is 1. The number of amides is 1. The van der Waals surface area contributed by atoms with Gasteiger partial charge in [0.05, 0.1) is 11.3 Å². The number of aromatic amines is 1. The van der Waals surface area contributed by atoms with Gasteiger partial charge in [0.25, 0.3) is 5.91 Å². The van der Waals surface area contributed by atoms with Crippen LogP contribution in [0.3, 0.4) is 0 Å². The predicted octanol–water partition coefficient (Wildman–Crippen LogP) is 2.79. The highest BCUT2D eigenvalue weighted by Gasteiger charge is 2.31. The lowest BCUT2D eigenvalue weighted by Gasteiger charge is -2.10. The van der Waals surface area contributed by atoms with Crippen molar-refractivity contribution in [2.75, 3.05) is 5.32 Å². The zero-order valence-electron chi connectivity index (χ0n) is 10.3. The van der Waals surface area contributed by atoms with Crippen molar-refractivity contribution in [2.24, 2.45) is 0 Å². The van der Waals surface area contributed by atoms with Crippen molar-refractivity contribution in [1.82, 2.24) is 4.98 Å². The first-order valence-corrected chi connectivity index (χ1v) is 5.64. The van der Waals surface area contributed by atoms with Crippen LogP contribution in [-0.4, -0.2) is 10.9 Å². The molecule has 0 aliphatic carbocycles. The number of pyridine rings is 1. The van der Waals surface area contributed by atoms with Gasteiger partial charge >= 0.3 is 6.18 Å². The lowest BCUT2D eigenvalue weighted by Crippen LogP contribution is -2.17. The van der Waals surface area contributed by atoms with Gasteiger partial charge in [0.15, 0.2) is 0 Å². The highest BCUT2D eigenvalue weighted by atomic mass is 19.4. The molecule has 0 bridgehead atoms. The van der Waals surface area contributed by atoms with Gasteiger partial charge in [0, 0.05) is 17.8 Å². The van der Waals surface area contributed by atoms with E-state index in [1.54, 1.807) is 0 Å². The second-order valence-corrected chi connectivity index (χ2v) is 4.09. The van der Waals surface area contributed by atoms with Crippen molar-refractivity contribution in [3.05, 3.63) is 63.8 Å². The molecule has 8 heteroatoms. The average molecular weight is 300 g/mol. The number of rotatable bonds is 2. The minimum Gasteiger partial charge on any atom is -0.329 e. The number of carbonyl (C=O) groups is 1. The first-order chi connectivity index (χ1) is 9.77. The van der Waals surface area contributed by atoms with Gasteiger partial charge in [-0.25, -0.2) is 4.39 Å². The Balaban J connectivity index is 2.31. The van der Waals surface area contributed by atoms with Crippen LogP contribution >= 0.6 is 0 Å². The SMILES string of the molecule is O=C(Nc1cc(C(F)(F)F)ccc1F)c1cc[nH]c(=O)c1. The topological polar surface area (TPSA) is 62.0 Å². The minimum atomic E-state index is -4.66. The van der Waals surface area contributed by atoms with E-state index in [9.17, 15) is 27.2 Å². The Morgan fingerprint density at radius 3 is 2.48 bits per heavy atom. The number of H-pyrrole nitrogens is 1. The molecule has 0 radical (unpaired) electrons. The van der Waals surface area contributed by atoms with E-state index in [2.05, 4.69) is 4.98 Å². The summed E-state index contributed by atoms with van der Waals surface area (Å²) in [7, 11) is 0. The molecule has 4 nitrogen and oxygen atoms in total. The molecule has 0 aliphatic rings. The van der Waals surface area contributed by atoms with Crippen molar-refractivity contribution >= 4 is 11.6 Å². The highest BCUT2D eigenvalue weighted by Crippen LogP contribution is 2.31. The van der Waals surface area contributed by atoms with E-state index < -0.39 is 34.7 Å². The number of benzene rings is 1. The molecular weight excluding hydrogens is 292 g/mol. The van der Waals surface area contributed by atoms with E-state index in [0.717, 1.165) is 6.07 Å². The van der Waals surface area contributed by atoms with Crippen LogP contribution in [0.1, 0.15) is 15.9 Å². The molecule has 0 spiro atoms. The molecule has 110 valence electrons. The van der Waals surface area contributed by atoms with Crippen LogP contribution in [0, 0.1) is 5.82 Å². The molecule has 1 amide bonds. The van der Waals surface area contributed by atoms with E-state index in [4.69, 9.17) is 0 Å². The van der Waals surface area contributed by atoms with Gasteiger partial charge in [-0.15, -0.1) is 0 Å². The standard InChI is InChI=1S/C13H8F4N2O2/c14-9-2-1-8(13(15,16)17)6-10(9)19-12(21)7-3-4-18-11(20)5-7/h1-6H,(H,18,20)(H,19,21). The zero-order chi connectivity index (χ0) is 15.6. The van der Waals surface area contributed by atoms with Crippen molar-refractivity contribution in [2.45, 2.75) is 6.18 Å². The molecule has 0 unspecified atom stereocenters. The summed E-state index contributed by atoms with van der Waals surface area (Å²) < 4.78 is 51.1. The van der Waals surface area contributed by atoms with E-state index in [1.165, 1.54) is 12.3 Å². The summed E-state index contributed by atoms with van der Waals surface area (Å²) >= 11 is 0. The maximum absolute atomic E-state index is 13.5. The monoisotopic (exact) mass is 300 g/mol. The number of nitrogens with one attached hydrogen (secondary N) is 2. The average Bonchev–Trinajstić information content (AvgIpc) is 2.40. The van der Waals surface area contributed by atoms with Gasteiger partial charge in [0.2, 0.25) is 5.56 Å². The summed E-state index contributed by atoms with van der Waals surface area (Å²) in [5, 5.41) is 2.00. The lowest BCUT2D eigenvalue weighted by atomic mass is 10.1. The third-order valence-electron chi connectivity index (χ3n) is 2.58. The number of alkyl halides is 3. The molecule has 1 aromatic carbocycles. The molecule has 0 aliphatic heterocycles. The molecule has 1 heterocycles. The smallest absolute Gasteiger partial charge is 0.329 e. The Hall–Kier alpha value is -2.64. The summed E-state index contributed by atoms with van der Waals surface area (Å²) in [5.74, 6) is -1.90. The van der Waals surface area contributed by atoms with Gasteiger partial charge in [-0.3, -0.25) is 9.59 Å². The van der Waals surface area contributed by atoms with Crippen LogP contribution < -0.4 is 10.9 Å². The number of hydrogen-bond acceptors (Lipinski definition) is 2. The predicted molar refractivity (Wildman–Crippen MR) is 66.4 cm³/mol. The molecule has 0 saturated carbocycles. The minimum absolute atomic E-state index is 0.101. The molecule has 0 saturated heterocycles. The number of halogens is 4. The molecule has 21 heavy (non-hydrogen) atoms. The van der Waals surface area contributed by atoms with Crippen molar-refractivity contribution in [3.63, 3.8) is 0 Å². The third-order valence-corrected chi connectivity index (χ3v) is 2.58. The Labute approximate surface area is 115 Å². The van der Waals surface area contributed by atoms with Gasteiger partial charge in [-0.05, 0) is 24.3 Å². The van der Waals surface area contributed by atoms with E-state index in [0.29, 0.717) is 18.2 Å². The fraction of sp³-hybridized carbons (Fsp3) is 0.0769. The largest absolute Gasteiger partial charge is 0.416 e. The second kappa shape index (κ2) is 5.39. The molecule has 1 aromatic heterocycles. The maximum Gasteiger partial charge on any atom is 0.416 e. The first kappa shape index (κ1) is 14.8. The zero-order valence-corrected chi connectivity index (χ0v) is 10.3. The number of anilines is 1. The quantitative estimate of drug-likeness (QED) is 0.838. The third kappa shape index (κ3) is 3.47. The van der Waals surface area contributed by atoms with E-state index in [1.807, 2.05) is 5.32 Å². The molecule has 2 rings (SSSR count). The van der Waals surface area contributed by atoms with Crippen LogP contribution in [0.15, 0.2) is 41.3 Å². The van der Waals surface area contributed by atoms with Crippen molar-refractivity contribution in [3.8, 4) is 0 Å². The Morgan fingerprint density at radius 2 is 1.86 bits per heavy atom. The summed E-state index contributed by atoms with van der Waals surface area (Å²) in [4.78, 5) is 25.1. The van der Waals surface area contributed by atoms with Gasteiger partial charge < -0.3 is 10.3 Å². The highest BCUT2D eigenvalue weighted by molar-refractivity contribution is 6.04. The van der Waals surface area contributed by atoms with E-state index in [-0.39, 0.29) is 5.56 Å². The summed E-state index contributed by atoms with van der Waals surface area (Å²) in [6.07, 6.45) is -3.46. The van der Waals surface area contributed by atoms with Crippen LogP contribution in [0.25, 0.3) is 0 Å². The number of hydrogen-bond donors (Lipinski definition) is 2. The van der Waals surface area contributed by atoms with Gasteiger partial charge in [-0.2, -0.15) is 13.2 Å². The molecule has 0 atom stereocenters. The normalized spacial score (nSPS) is 11.2. The van der Waals surface area contributed by atoms with Crippen LogP contribution in [-0.2, 0) is 6.18 Å². The second-order valence-electron chi connectivity index (χ2n) is 4.09. The summed E-state index contributed by atoms with van der Waals surface area (Å²) in [6.45, 7) is 0. The van der Waals surface area contributed by atoms with Crippen LogP contribution in [0.4, 0.5) is 23.2 Å². The van der Waals surface area contributed by atoms with Crippen molar-refractivity contribution in [1.29, 1.82) is 0 Å². The molecular formula is C13H8F4N2O2. The summed E-state index contributed by atoms with van der Waals surface area (Å²) in [5.41, 5.74) is -2.37. The molecule has 0 fully saturated rings. The first-order valence-electron chi connectivity index (χ1n) is 5.64. The molecule has 2 aromatic rings. The van der Waals surface area contributed by atoms with Crippen LogP contribution in [0.5, 0.6) is 0 Å². The Kier molecular flexibility index (Phi) is 3.79. The molecule has 2 N–H and O–H groups in total. The lowest BCUT2D eigenvalue weighted by molar-refractivity contribution is -0.137. The Bertz CT molecular complexity index is 737. The van der Waals surface area contributed by atoms with Crippen molar-refractivity contribution < 1.29 is 22.4 Å². The Morgan fingerprint density at radius 1 is 1.14 bits per heavy atom. The van der Waals surface area contributed by atoms with E-state index >= 15 is 0 Å². The maximum atomic E-state index is 13.5.